The molecule has 0 aromatic heterocycles. The van der Waals surface area contributed by atoms with Gasteiger partial charge in [-0.3, -0.25) is 4.99 Å². The van der Waals surface area contributed by atoms with Crippen LogP contribution in [-0.4, -0.2) is 62.6 Å². The number of unbranched alkanes of at least 4 members (excludes halogenated alkanes) is 1. The summed E-state index contributed by atoms with van der Waals surface area (Å²) < 4.78 is 0. The van der Waals surface area contributed by atoms with E-state index in [4.69, 9.17) is 0 Å². The average molecular weight is 408 g/mol. The highest BCUT2D eigenvalue weighted by atomic mass is 127. The number of rotatable bonds is 8. The fourth-order valence-electron chi connectivity index (χ4n) is 2.70. The second kappa shape index (κ2) is 12.3. The molecule has 0 bridgehead atoms. The van der Waals surface area contributed by atoms with E-state index in [-0.39, 0.29) is 24.0 Å². The minimum absolute atomic E-state index is 0. The highest BCUT2D eigenvalue weighted by Crippen LogP contribution is 2.09. The first-order valence-corrected chi connectivity index (χ1v) is 7.92. The summed E-state index contributed by atoms with van der Waals surface area (Å²) in [7, 11) is 3.96. The summed E-state index contributed by atoms with van der Waals surface area (Å²) in [5, 5.41) is 3.49. The average Bonchev–Trinajstić information content (AvgIpc) is 2.92. The summed E-state index contributed by atoms with van der Waals surface area (Å²) in [6, 6.07) is 0. The number of halogens is 1. The lowest BCUT2D eigenvalue weighted by molar-refractivity contribution is 0.286. The van der Waals surface area contributed by atoms with Gasteiger partial charge in [0.15, 0.2) is 5.96 Å². The fraction of sp³-hybridized carbons (Fsp3) is 0.812. The summed E-state index contributed by atoms with van der Waals surface area (Å²) in [5.74, 6) is 1.66. The van der Waals surface area contributed by atoms with Gasteiger partial charge in [0.2, 0.25) is 0 Å². The number of allylic oxidation sites excluding steroid dienone is 1. The van der Waals surface area contributed by atoms with Gasteiger partial charge in [-0.15, -0.1) is 30.6 Å². The third kappa shape index (κ3) is 8.66. The standard InChI is InChI=1S/C16H32N4.HI/c1-5-6-7-10-19(4)16(17-3)18-13-15(2)14-20-11-8-9-12-20;/h5,15H,1,6-14H2,2-4H3,(H,17,18);1H. The van der Waals surface area contributed by atoms with Crippen LogP contribution in [0.4, 0.5) is 0 Å². The lowest BCUT2D eigenvalue weighted by atomic mass is 10.1. The molecule has 0 aromatic rings. The topological polar surface area (TPSA) is 30.9 Å². The number of guanidine groups is 1. The third-order valence-electron chi connectivity index (χ3n) is 3.85. The Morgan fingerprint density at radius 3 is 2.67 bits per heavy atom. The molecule has 0 amide bonds. The monoisotopic (exact) mass is 408 g/mol. The van der Waals surface area contributed by atoms with Crippen LogP contribution in [0.5, 0.6) is 0 Å². The highest BCUT2D eigenvalue weighted by molar-refractivity contribution is 14.0. The summed E-state index contributed by atoms with van der Waals surface area (Å²) >= 11 is 0. The number of hydrogen-bond donors (Lipinski definition) is 1. The van der Waals surface area contributed by atoms with Gasteiger partial charge < -0.3 is 15.1 Å². The van der Waals surface area contributed by atoms with E-state index >= 15 is 0 Å². The van der Waals surface area contributed by atoms with Crippen molar-refractivity contribution in [3.05, 3.63) is 12.7 Å². The molecule has 0 radical (unpaired) electrons. The van der Waals surface area contributed by atoms with Crippen molar-refractivity contribution in [3.63, 3.8) is 0 Å². The lowest BCUT2D eigenvalue weighted by Gasteiger charge is -2.25. The Labute approximate surface area is 148 Å². The molecule has 1 heterocycles. The van der Waals surface area contributed by atoms with Crippen LogP contribution in [0.15, 0.2) is 17.6 Å². The van der Waals surface area contributed by atoms with Crippen LogP contribution in [0.1, 0.15) is 32.6 Å². The van der Waals surface area contributed by atoms with Gasteiger partial charge in [0, 0.05) is 33.7 Å². The van der Waals surface area contributed by atoms with Gasteiger partial charge in [0.25, 0.3) is 0 Å². The Morgan fingerprint density at radius 1 is 1.43 bits per heavy atom. The van der Waals surface area contributed by atoms with Crippen LogP contribution >= 0.6 is 24.0 Å². The maximum Gasteiger partial charge on any atom is 0.193 e. The molecule has 1 unspecified atom stereocenters. The smallest absolute Gasteiger partial charge is 0.193 e. The maximum absolute atomic E-state index is 4.36. The van der Waals surface area contributed by atoms with Crippen molar-refractivity contribution in [1.29, 1.82) is 0 Å². The molecular weight excluding hydrogens is 375 g/mol. The van der Waals surface area contributed by atoms with Gasteiger partial charge in [-0.1, -0.05) is 13.0 Å². The van der Waals surface area contributed by atoms with Crippen molar-refractivity contribution in [2.45, 2.75) is 32.6 Å². The number of aliphatic imine (C=N–C) groups is 1. The van der Waals surface area contributed by atoms with E-state index in [1.807, 2.05) is 13.1 Å². The second-order valence-electron chi connectivity index (χ2n) is 5.89. The Hall–Kier alpha value is -0.300. The minimum Gasteiger partial charge on any atom is -0.356 e. The number of nitrogens with one attached hydrogen (secondary N) is 1. The van der Waals surface area contributed by atoms with Crippen LogP contribution in [0.25, 0.3) is 0 Å². The van der Waals surface area contributed by atoms with Gasteiger partial charge in [-0.05, 0) is 44.7 Å². The largest absolute Gasteiger partial charge is 0.356 e. The first-order valence-electron chi connectivity index (χ1n) is 7.92. The highest BCUT2D eigenvalue weighted by Gasteiger charge is 2.15. The molecule has 1 fully saturated rings. The number of likely N-dealkylation sites (tertiary alicyclic amines) is 1. The van der Waals surface area contributed by atoms with Crippen molar-refractivity contribution in [3.8, 4) is 0 Å². The molecule has 124 valence electrons. The molecule has 0 aliphatic carbocycles. The number of hydrogen-bond acceptors (Lipinski definition) is 2. The van der Waals surface area contributed by atoms with Crippen LogP contribution in [0, 0.1) is 5.92 Å². The van der Waals surface area contributed by atoms with E-state index in [9.17, 15) is 0 Å². The van der Waals surface area contributed by atoms with E-state index in [1.165, 1.54) is 32.5 Å². The van der Waals surface area contributed by atoms with Crippen LogP contribution in [-0.2, 0) is 0 Å². The van der Waals surface area contributed by atoms with E-state index in [2.05, 4.69) is 40.7 Å². The van der Waals surface area contributed by atoms with Crippen molar-refractivity contribution < 1.29 is 0 Å². The molecule has 0 saturated carbocycles. The molecule has 1 rings (SSSR count). The Morgan fingerprint density at radius 2 is 2.10 bits per heavy atom. The summed E-state index contributed by atoms with van der Waals surface area (Å²) in [5.41, 5.74) is 0. The predicted molar refractivity (Wildman–Crippen MR) is 104 cm³/mol. The van der Waals surface area contributed by atoms with Crippen molar-refractivity contribution in [1.82, 2.24) is 15.1 Å². The summed E-state index contributed by atoms with van der Waals surface area (Å²) in [4.78, 5) is 9.14. The SMILES string of the molecule is C=CCCCN(C)C(=NC)NCC(C)CN1CCCC1.I. The van der Waals surface area contributed by atoms with E-state index in [0.717, 1.165) is 31.9 Å². The Bertz CT molecular complexity index is 301. The molecule has 1 aliphatic heterocycles. The molecule has 0 aromatic carbocycles. The normalized spacial score (nSPS) is 17.2. The first kappa shape index (κ1) is 20.7. The van der Waals surface area contributed by atoms with Crippen LogP contribution in [0.3, 0.4) is 0 Å². The lowest BCUT2D eigenvalue weighted by Crippen LogP contribution is -2.42. The van der Waals surface area contributed by atoms with Gasteiger partial charge in [0.05, 0.1) is 0 Å². The molecule has 1 aliphatic rings. The van der Waals surface area contributed by atoms with E-state index in [0.29, 0.717) is 5.92 Å². The van der Waals surface area contributed by atoms with Gasteiger partial charge in [-0.25, -0.2) is 0 Å². The fourth-order valence-corrected chi connectivity index (χ4v) is 2.70. The molecule has 1 N–H and O–H groups in total. The summed E-state index contributed by atoms with van der Waals surface area (Å²) in [6.07, 6.45) is 6.90. The predicted octanol–water partition coefficient (Wildman–Crippen LogP) is 2.81. The molecular formula is C16H33IN4. The zero-order chi connectivity index (χ0) is 14.8. The van der Waals surface area contributed by atoms with Gasteiger partial charge in [0.1, 0.15) is 0 Å². The zero-order valence-electron chi connectivity index (χ0n) is 14.0. The summed E-state index contributed by atoms with van der Waals surface area (Å²) in [6.45, 7) is 11.8. The molecule has 1 saturated heterocycles. The van der Waals surface area contributed by atoms with Crippen LogP contribution < -0.4 is 5.32 Å². The molecule has 21 heavy (non-hydrogen) atoms. The van der Waals surface area contributed by atoms with E-state index < -0.39 is 0 Å². The zero-order valence-corrected chi connectivity index (χ0v) is 16.3. The molecule has 4 nitrogen and oxygen atoms in total. The second-order valence-corrected chi connectivity index (χ2v) is 5.89. The van der Waals surface area contributed by atoms with E-state index in [1.54, 1.807) is 0 Å². The maximum atomic E-state index is 4.36. The number of nitrogens with zero attached hydrogens (tertiary/aromatic N) is 3. The van der Waals surface area contributed by atoms with Crippen LogP contribution in [0.2, 0.25) is 0 Å². The van der Waals surface area contributed by atoms with Gasteiger partial charge >= 0.3 is 0 Å². The molecule has 0 spiro atoms. The Balaban J connectivity index is 0.00000400. The minimum atomic E-state index is 0. The molecule has 5 heteroatoms. The Kier molecular flexibility index (Phi) is 12.1. The third-order valence-corrected chi connectivity index (χ3v) is 3.85. The molecule has 1 atom stereocenters. The van der Waals surface area contributed by atoms with Crippen molar-refractivity contribution >= 4 is 29.9 Å². The quantitative estimate of drug-likeness (QED) is 0.220. The first-order chi connectivity index (χ1) is 9.67. The van der Waals surface area contributed by atoms with Crippen molar-refractivity contribution in [2.24, 2.45) is 10.9 Å². The van der Waals surface area contributed by atoms with Gasteiger partial charge in [-0.2, -0.15) is 0 Å². The van der Waals surface area contributed by atoms with Crippen molar-refractivity contribution in [2.75, 3.05) is 46.8 Å².